The van der Waals surface area contributed by atoms with E-state index in [0.717, 1.165) is 105 Å². The van der Waals surface area contributed by atoms with Gasteiger partial charge in [0.25, 0.3) is 17.7 Å². The molecule has 530 valence electrons. The molecule has 2 fully saturated rings. The van der Waals surface area contributed by atoms with Crippen molar-refractivity contribution in [3.05, 3.63) is 188 Å². The summed E-state index contributed by atoms with van der Waals surface area (Å²) in [7, 11) is -3.27. The van der Waals surface area contributed by atoms with Gasteiger partial charge in [0.1, 0.15) is 17.5 Å². The number of aromatic amines is 3. The molecule has 2 saturated heterocycles. The molecule has 0 spiro atoms. The smallest absolute Gasteiger partial charge is 0.276 e. The quantitative estimate of drug-likeness (QED) is 0.0340. The highest BCUT2D eigenvalue weighted by atomic mass is 32.2. The van der Waals surface area contributed by atoms with Crippen LogP contribution in [0.5, 0.6) is 0 Å². The maximum Gasteiger partial charge on any atom is 0.276 e. The Bertz CT molecular complexity index is 5200. The Morgan fingerprint density at radius 2 is 0.806 bits per heavy atom. The zero-order valence-corrected chi connectivity index (χ0v) is 59.7. The van der Waals surface area contributed by atoms with Crippen molar-refractivity contribution in [1.29, 1.82) is 0 Å². The van der Waals surface area contributed by atoms with Crippen molar-refractivity contribution in [3.63, 3.8) is 0 Å². The molecular formula is C72H77N21O7S3. The zero-order valence-electron chi connectivity index (χ0n) is 57.2. The van der Waals surface area contributed by atoms with Crippen LogP contribution in [0.25, 0.3) is 66.1 Å². The molecule has 0 aliphatic carbocycles. The molecule has 3 atom stereocenters. The third kappa shape index (κ3) is 18.9. The minimum Gasteiger partial charge on any atom is -0.378 e. The van der Waals surface area contributed by atoms with E-state index in [1.807, 2.05) is 106 Å². The Morgan fingerprint density at radius 1 is 0.447 bits per heavy atom. The van der Waals surface area contributed by atoms with E-state index >= 15 is 0 Å². The number of carbonyl (C=O) groups excluding carboxylic acids is 3. The number of carbonyl (C=O) groups is 3. The molecule has 3 aromatic carbocycles. The maximum absolute atomic E-state index is 13.0. The molecular weight excluding hydrogens is 1370 g/mol. The number of amides is 3. The van der Waals surface area contributed by atoms with Gasteiger partial charge in [0, 0.05) is 138 Å². The van der Waals surface area contributed by atoms with Gasteiger partial charge in [-0.2, -0.15) is 15.3 Å². The molecule has 11 heterocycles. The van der Waals surface area contributed by atoms with Crippen LogP contribution in [0.1, 0.15) is 56.3 Å². The average molecular weight is 1440 g/mol. The summed E-state index contributed by atoms with van der Waals surface area (Å²) in [6, 6.07) is 33.7. The van der Waals surface area contributed by atoms with Gasteiger partial charge in [-0.05, 0) is 164 Å². The number of pyridine rings is 6. The first-order valence-corrected chi connectivity index (χ1v) is 38.9. The Kier molecular flexibility index (Phi) is 21.5. The summed E-state index contributed by atoms with van der Waals surface area (Å²) in [6.45, 7) is 5.95. The van der Waals surface area contributed by atoms with Crippen molar-refractivity contribution in [3.8, 4) is 33.4 Å². The zero-order chi connectivity index (χ0) is 72.4. The fraction of sp³-hybridized carbons (Fsp3) is 0.208. The first-order valence-electron chi connectivity index (χ1n) is 32.5. The number of aromatic nitrogens is 12. The van der Waals surface area contributed by atoms with E-state index in [0.29, 0.717) is 64.2 Å². The lowest BCUT2D eigenvalue weighted by Gasteiger charge is -2.28. The lowest BCUT2D eigenvalue weighted by atomic mass is 10.0. The van der Waals surface area contributed by atoms with Crippen molar-refractivity contribution in [1.82, 2.24) is 65.4 Å². The highest BCUT2D eigenvalue weighted by Crippen LogP contribution is 2.32. The largest absolute Gasteiger partial charge is 0.378 e. The van der Waals surface area contributed by atoms with Crippen molar-refractivity contribution in [2.75, 3.05) is 112 Å². The topological polar surface area (TPSA) is 357 Å². The average Bonchev–Trinajstić information content (AvgIpc) is 1.70. The number of fused-ring (bicyclic) bond motifs is 3. The van der Waals surface area contributed by atoms with Crippen LogP contribution in [0.3, 0.4) is 0 Å². The Hall–Kier alpha value is -11.6. The lowest BCUT2D eigenvalue weighted by molar-refractivity contribution is 0.101. The fourth-order valence-electron chi connectivity index (χ4n) is 11.5. The molecule has 3 unspecified atom stereocenters. The van der Waals surface area contributed by atoms with E-state index in [1.165, 1.54) is 56.6 Å². The highest BCUT2D eigenvalue weighted by Gasteiger charge is 2.21. The Labute approximate surface area is 595 Å². The molecule has 14 rings (SSSR count). The molecule has 3 amide bonds. The summed E-state index contributed by atoms with van der Waals surface area (Å²) in [5.41, 5.74) is 13.6. The lowest BCUT2D eigenvalue weighted by Crippen LogP contribution is -2.36. The van der Waals surface area contributed by atoms with Crippen LogP contribution >= 0.6 is 0 Å². The number of anilines is 8. The predicted octanol–water partition coefficient (Wildman–Crippen LogP) is 9.72. The minimum atomic E-state index is -2.44. The monoisotopic (exact) mass is 1440 g/mol. The molecule has 0 bridgehead atoms. The Balaban J connectivity index is 0.000000146. The van der Waals surface area contributed by atoms with E-state index in [1.54, 1.807) is 36.4 Å². The van der Waals surface area contributed by atoms with Gasteiger partial charge in [-0.15, -0.1) is 0 Å². The van der Waals surface area contributed by atoms with Crippen LogP contribution < -0.4 is 39.9 Å². The summed E-state index contributed by atoms with van der Waals surface area (Å²) in [4.78, 5) is 71.4. The van der Waals surface area contributed by atoms with E-state index in [4.69, 9.17) is 4.74 Å². The number of benzene rings is 3. The second-order valence-electron chi connectivity index (χ2n) is 25.3. The van der Waals surface area contributed by atoms with Crippen LogP contribution in [-0.4, -0.2) is 186 Å². The molecule has 9 aromatic heterocycles. The normalized spacial score (nSPS) is 14.7. The highest BCUT2D eigenvalue weighted by molar-refractivity contribution is 8.01. The number of H-pyrrole nitrogens is 3. The van der Waals surface area contributed by atoms with E-state index in [9.17, 15) is 27.0 Å². The third-order valence-electron chi connectivity index (χ3n) is 16.2. The van der Waals surface area contributed by atoms with E-state index in [-0.39, 0.29) is 29.1 Å². The van der Waals surface area contributed by atoms with Crippen LogP contribution in [0.15, 0.2) is 165 Å². The molecule has 12 aromatic rings. The van der Waals surface area contributed by atoms with Gasteiger partial charge in [-0.1, -0.05) is 18.2 Å². The maximum atomic E-state index is 13.0. The van der Waals surface area contributed by atoms with Gasteiger partial charge >= 0.3 is 0 Å². The van der Waals surface area contributed by atoms with Gasteiger partial charge in [-0.25, -0.2) is 27.6 Å². The predicted molar refractivity (Wildman–Crippen MR) is 415 cm³/mol. The SMILES string of the molecule is C=S(C)(=O)Nc1ccc(NC(=O)c2n[nH]c3ccc(-c4cncc(CN(C)C)c4)cc23)cn1.C=S(C)(=O)Nc1ccc(NC(=O)c2n[nH]c3ccc(-c4cncc(N5CCCCC5)c4)cc23)cn1.C=S(C)(=O)Nc1ccc(NC(=O)c2n[nH]c3ccc(-c4cncc(N5CCOCC5)c4)cc23)cn1. The summed E-state index contributed by atoms with van der Waals surface area (Å²) in [6.07, 6.45) is 23.7. The number of hydrogen-bond acceptors (Lipinski definition) is 19. The molecule has 0 saturated carbocycles. The second-order valence-corrected chi connectivity index (χ2v) is 32.0. The standard InChI is InChI=1S/C25H27N7O2S.C24H25N7O3S.C23H25N7O2S/c1-35(2,34)31-23-9-7-19(15-27-23)28-25(33)24-21-13-17(6-8-22(21)29-30-24)18-12-20(16-26-14-18)32-10-4-3-5-11-32;1-35(2,33)30-22-6-4-18(14-26-22)27-24(32)23-20-12-16(3-5-21(20)28-29-23)17-11-19(15-25-13-17)31-7-9-34-10-8-31;1-30(2)14-15-9-17(12-24-11-15)16-5-7-20-19(10-16)22(28-27-20)23(31)26-18-6-8-21(25-13-18)29-33(3,4)32/h6-9,12-16H,1,3-5,10-11H2,2H3,(H,28,33)(H,29,30)(H,27,31,34);3-6,11-15H,1,7-10H2,2H3,(H,27,32)(H,28,29)(H,26,30,33);5-13H,3,14H2,1-2,4H3,(H,26,31)(H,27,28)(H,25,29,32). The number of nitrogens with one attached hydrogen (secondary N) is 9. The summed E-state index contributed by atoms with van der Waals surface area (Å²) >= 11 is 0. The summed E-state index contributed by atoms with van der Waals surface area (Å²) in [5.74, 6) is 10.8. The molecule has 0 radical (unpaired) electrons. The van der Waals surface area contributed by atoms with Crippen LogP contribution in [-0.2, 0) is 40.4 Å². The van der Waals surface area contributed by atoms with Gasteiger partial charge in [-0.3, -0.25) is 58.8 Å². The van der Waals surface area contributed by atoms with Gasteiger partial charge in [0.2, 0.25) is 0 Å². The number of rotatable bonds is 19. The number of nitrogens with zero attached hydrogens (tertiary/aromatic N) is 12. The Morgan fingerprint density at radius 3 is 1.16 bits per heavy atom. The molecule has 2 aliphatic rings. The number of hydrogen-bond donors (Lipinski definition) is 9. The summed E-state index contributed by atoms with van der Waals surface area (Å²) in [5, 5.41) is 32.0. The number of ether oxygens (including phenoxy) is 1. The summed E-state index contributed by atoms with van der Waals surface area (Å²) < 4.78 is 48.9. The molecule has 103 heavy (non-hydrogen) atoms. The van der Waals surface area contributed by atoms with E-state index in [2.05, 4.69) is 141 Å². The second kappa shape index (κ2) is 31.1. The van der Waals surface area contributed by atoms with E-state index < -0.39 is 29.1 Å². The first kappa shape index (κ1) is 71.2. The first-order chi connectivity index (χ1) is 49.4. The van der Waals surface area contributed by atoms with Crippen molar-refractivity contribution in [2.24, 2.45) is 0 Å². The van der Waals surface area contributed by atoms with Gasteiger partial charge in [0.05, 0.1) is 89.2 Å². The minimum absolute atomic E-state index is 0.274. The van der Waals surface area contributed by atoms with Crippen LogP contribution in [0, 0.1) is 0 Å². The van der Waals surface area contributed by atoms with Crippen molar-refractivity contribution in [2.45, 2.75) is 25.8 Å². The molecule has 9 N–H and O–H groups in total. The molecule has 31 heteroatoms. The van der Waals surface area contributed by atoms with Gasteiger partial charge in [0.15, 0.2) is 17.1 Å². The third-order valence-corrected chi connectivity index (χ3v) is 18.1. The van der Waals surface area contributed by atoms with Gasteiger partial charge < -0.3 is 35.4 Å². The van der Waals surface area contributed by atoms with Crippen LogP contribution in [0.2, 0.25) is 0 Å². The van der Waals surface area contributed by atoms with Crippen molar-refractivity contribution >= 4 is 143 Å². The fourth-order valence-corrected chi connectivity index (χ4v) is 13.2. The number of piperidine rings is 1. The molecule has 2 aliphatic heterocycles. The van der Waals surface area contributed by atoms with Crippen LogP contribution in [0.4, 0.5) is 45.9 Å². The van der Waals surface area contributed by atoms with Crippen molar-refractivity contribution < 1.29 is 31.7 Å². The molecule has 28 nitrogen and oxygen atoms in total. The number of morpholine rings is 1.